The van der Waals surface area contributed by atoms with E-state index in [-0.39, 0.29) is 0 Å². The molecule has 0 spiro atoms. The summed E-state index contributed by atoms with van der Waals surface area (Å²) in [7, 11) is 0. The molecule has 2 aliphatic carbocycles. The largest absolute Gasteiger partial charge is 0.468 e. The molecular weight excluding hydrogens is 246 g/mol. The first kappa shape index (κ1) is 14.2. The van der Waals surface area contributed by atoms with E-state index in [1.165, 1.54) is 57.8 Å². The molecule has 1 heterocycles. The minimum Gasteiger partial charge on any atom is -0.468 e. The minimum atomic E-state index is 0.346. The Kier molecular flexibility index (Phi) is 4.82. The van der Waals surface area contributed by atoms with Gasteiger partial charge in [-0.1, -0.05) is 44.9 Å². The van der Waals surface area contributed by atoms with Crippen LogP contribution < -0.4 is 5.32 Å². The van der Waals surface area contributed by atoms with Crippen LogP contribution in [-0.4, -0.2) is 6.04 Å². The molecule has 2 heteroatoms. The molecule has 3 rings (SSSR count). The van der Waals surface area contributed by atoms with Gasteiger partial charge in [-0.2, -0.15) is 0 Å². The standard InChI is InChI=1S/C18H29NO/c1-14(18-12-7-13-20-18)19-17-11-6-5-10-16(17)15-8-3-2-4-9-15/h7,12-17,19H,2-6,8-11H2,1H3. The van der Waals surface area contributed by atoms with Gasteiger partial charge in [-0.25, -0.2) is 0 Å². The number of hydrogen-bond donors (Lipinski definition) is 1. The topological polar surface area (TPSA) is 25.2 Å². The second kappa shape index (κ2) is 6.80. The molecule has 1 aromatic rings. The number of hydrogen-bond acceptors (Lipinski definition) is 2. The van der Waals surface area contributed by atoms with Crippen molar-refractivity contribution in [2.45, 2.75) is 76.8 Å². The molecule has 2 fully saturated rings. The molecule has 0 aliphatic heterocycles. The van der Waals surface area contributed by atoms with Gasteiger partial charge in [0.15, 0.2) is 0 Å². The summed E-state index contributed by atoms with van der Waals surface area (Å²) in [6.07, 6.45) is 14.7. The molecule has 0 radical (unpaired) electrons. The monoisotopic (exact) mass is 275 g/mol. The second-order valence-electron chi connectivity index (χ2n) is 6.86. The van der Waals surface area contributed by atoms with Gasteiger partial charge < -0.3 is 9.73 Å². The molecular formula is C18H29NO. The van der Waals surface area contributed by atoms with Crippen molar-refractivity contribution >= 4 is 0 Å². The summed E-state index contributed by atoms with van der Waals surface area (Å²) < 4.78 is 5.56. The summed E-state index contributed by atoms with van der Waals surface area (Å²) in [5, 5.41) is 3.87. The van der Waals surface area contributed by atoms with Crippen LogP contribution in [0.2, 0.25) is 0 Å². The van der Waals surface area contributed by atoms with Crippen LogP contribution in [0.4, 0.5) is 0 Å². The fourth-order valence-corrected chi connectivity index (χ4v) is 4.43. The van der Waals surface area contributed by atoms with Gasteiger partial charge in [0.05, 0.1) is 12.3 Å². The maximum absolute atomic E-state index is 5.56. The van der Waals surface area contributed by atoms with Crippen molar-refractivity contribution < 1.29 is 4.42 Å². The van der Waals surface area contributed by atoms with Crippen molar-refractivity contribution in [3.8, 4) is 0 Å². The summed E-state index contributed by atoms with van der Waals surface area (Å²) in [6, 6.07) is 5.13. The van der Waals surface area contributed by atoms with Crippen molar-refractivity contribution in [3.63, 3.8) is 0 Å². The van der Waals surface area contributed by atoms with Crippen LogP contribution in [0.25, 0.3) is 0 Å². The highest BCUT2D eigenvalue weighted by Crippen LogP contribution is 2.39. The van der Waals surface area contributed by atoms with Crippen LogP contribution in [0.15, 0.2) is 22.8 Å². The van der Waals surface area contributed by atoms with Crippen LogP contribution in [0.1, 0.15) is 76.5 Å². The maximum Gasteiger partial charge on any atom is 0.120 e. The van der Waals surface area contributed by atoms with E-state index < -0.39 is 0 Å². The molecule has 20 heavy (non-hydrogen) atoms. The first-order valence-electron chi connectivity index (χ1n) is 8.64. The fourth-order valence-electron chi connectivity index (χ4n) is 4.43. The first-order valence-corrected chi connectivity index (χ1v) is 8.64. The lowest BCUT2D eigenvalue weighted by molar-refractivity contribution is 0.140. The molecule has 2 aliphatic rings. The first-order chi connectivity index (χ1) is 9.84. The van der Waals surface area contributed by atoms with Crippen molar-refractivity contribution in [3.05, 3.63) is 24.2 Å². The Morgan fingerprint density at radius 2 is 1.80 bits per heavy atom. The summed E-state index contributed by atoms with van der Waals surface area (Å²) in [5.74, 6) is 2.96. The maximum atomic E-state index is 5.56. The smallest absolute Gasteiger partial charge is 0.120 e. The lowest BCUT2D eigenvalue weighted by Gasteiger charge is -2.40. The highest BCUT2D eigenvalue weighted by atomic mass is 16.3. The molecule has 3 atom stereocenters. The van der Waals surface area contributed by atoms with Gasteiger partial charge in [0.2, 0.25) is 0 Å². The Bertz CT molecular complexity index is 380. The Balaban J connectivity index is 1.62. The van der Waals surface area contributed by atoms with E-state index in [0.717, 1.165) is 17.6 Å². The third-order valence-corrected chi connectivity index (χ3v) is 5.51. The van der Waals surface area contributed by atoms with Gasteiger partial charge in [-0.3, -0.25) is 0 Å². The quantitative estimate of drug-likeness (QED) is 0.830. The van der Waals surface area contributed by atoms with Crippen LogP contribution in [0.5, 0.6) is 0 Å². The van der Waals surface area contributed by atoms with Gasteiger partial charge in [0.25, 0.3) is 0 Å². The van der Waals surface area contributed by atoms with Crippen molar-refractivity contribution in [1.29, 1.82) is 0 Å². The zero-order chi connectivity index (χ0) is 13.8. The normalized spacial score (nSPS) is 30.2. The van der Waals surface area contributed by atoms with E-state index in [0.29, 0.717) is 12.1 Å². The van der Waals surface area contributed by atoms with Crippen LogP contribution in [-0.2, 0) is 0 Å². The Morgan fingerprint density at radius 3 is 2.55 bits per heavy atom. The Morgan fingerprint density at radius 1 is 1.05 bits per heavy atom. The van der Waals surface area contributed by atoms with Crippen LogP contribution in [0.3, 0.4) is 0 Å². The van der Waals surface area contributed by atoms with Gasteiger partial charge in [-0.15, -0.1) is 0 Å². The van der Waals surface area contributed by atoms with E-state index in [9.17, 15) is 0 Å². The highest BCUT2D eigenvalue weighted by Gasteiger charge is 2.33. The third kappa shape index (κ3) is 3.28. The summed E-state index contributed by atoms with van der Waals surface area (Å²) in [4.78, 5) is 0. The predicted octanol–water partition coefficient (Wildman–Crippen LogP) is 5.07. The number of nitrogens with one attached hydrogen (secondary N) is 1. The zero-order valence-electron chi connectivity index (χ0n) is 12.8. The number of furan rings is 1. The SMILES string of the molecule is CC(NC1CCCCC1C1CCCCC1)c1ccco1. The van der Waals surface area contributed by atoms with E-state index in [4.69, 9.17) is 4.42 Å². The van der Waals surface area contributed by atoms with Gasteiger partial charge >= 0.3 is 0 Å². The molecule has 0 amide bonds. The summed E-state index contributed by atoms with van der Waals surface area (Å²) in [6.45, 7) is 2.24. The Labute approximate surface area is 123 Å². The Hall–Kier alpha value is -0.760. The minimum absolute atomic E-state index is 0.346. The van der Waals surface area contributed by atoms with Crippen molar-refractivity contribution in [2.75, 3.05) is 0 Å². The average Bonchev–Trinajstić information content (AvgIpc) is 3.03. The van der Waals surface area contributed by atoms with Crippen LogP contribution >= 0.6 is 0 Å². The fraction of sp³-hybridized carbons (Fsp3) is 0.778. The van der Waals surface area contributed by atoms with Gasteiger partial charge in [0.1, 0.15) is 5.76 Å². The zero-order valence-corrected chi connectivity index (χ0v) is 12.8. The average molecular weight is 275 g/mol. The second-order valence-corrected chi connectivity index (χ2v) is 6.86. The van der Waals surface area contributed by atoms with E-state index in [2.05, 4.69) is 18.3 Å². The van der Waals surface area contributed by atoms with Gasteiger partial charge in [0, 0.05) is 6.04 Å². The lowest BCUT2D eigenvalue weighted by Crippen LogP contribution is -2.43. The van der Waals surface area contributed by atoms with E-state index >= 15 is 0 Å². The molecule has 2 saturated carbocycles. The van der Waals surface area contributed by atoms with Crippen molar-refractivity contribution in [2.24, 2.45) is 11.8 Å². The molecule has 0 bridgehead atoms. The van der Waals surface area contributed by atoms with E-state index in [1.807, 2.05) is 6.07 Å². The summed E-state index contributed by atoms with van der Waals surface area (Å²) in [5.41, 5.74) is 0. The van der Waals surface area contributed by atoms with Crippen LogP contribution in [0, 0.1) is 11.8 Å². The van der Waals surface area contributed by atoms with Gasteiger partial charge in [-0.05, 0) is 43.7 Å². The third-order valence-electron chi connectivity index (χ3n) is 5.51. The lowest BCUT2D eigenvalue weighted by atomic mass is 9.71. The molecule has 2 nitrogen and oxygen atoms in total. The number of rotatable bonds is 4. The van der Waals surface area contributed by atoms with Crippen molar-refractivity contribution in [1.82, 2.24) is 5.32 Å². The highest BCUT2D eigenvalue weighted by molar-refractivity contribution is 5.04. The molecule has 1 N–H and O–H groups in total. The molecule has 1 aromatic heterocycles. The predicted molar refractivity (Wildman–Crippen MR) is 82.6 cm³/mol. The summed E-state index contributed by atoms with van der Waals surface area (Å²) >= 11 is 0. The molecule has 0 saturated heterocycles. The molecule has 3 unspecified atom stereocenters. The molecule has 0 aromatic carbocycles. The molecule has 112 valence electrons. The van der Waals surface area contributed by atoms with E-state index in [1.54, 1.807) is 6.26 Å².